The Labute approximate surface area is 120 Å². The highest BCUT2D eigenvalue weighted by molar-refractivity contribution is 7.92. The van der Waals surface area contributed by atoms with Gasteiger partial charge < -0.3 is 5.32 Å². The van der Waals surface area contributed by atoms with Crippen LogP contribution in [0.15, 0.2) is 41.3 Å². The Morgan fingerprint density at radius 1 is 1.10 bits per heavy atom. The normalized spacial score (nSPS) is 13.6. The molecule has 2 N–H and O–H groups in total. The van der Waals surface area contributed by atoms with Crippen molar-refractivity contribution in [2.45, 2.75) is 11.3 Å². The summed E-state index contributed by atoms with van der Waals surface area (Å²) in [6, 6.07) is 7.37. The second-order valence-electron chi connectivity index (χ2n) is 4.73. The monoisotopic (exact) mass is 310 g/mol. The second kappa shape index (κ2) is 5.00. The molecule has 1 heterocycles. The molecule has 21 heavy (non-hydrogen) atoms. The van der Waals surface area contributed by atoms with Crippen LogP contribution in [-0.4, -0.2) is 15.0 Å². The van der Waals surface area contributed by atoms with E-state index in [0.29, 0.717) is 6.07 Å². The number of halogens is 2. The van der Waals surface area contributed by atoms with Crippen molar-refractivity contribution in [1.82, 2.24) is 0 Å². The van der Waals surface area contributed by atoms with Crippen LogP contribution in [0.2, 0.25) is 0 Å². The molecule has 3 rings (SSSR count). The Morgan fingerprint density at radius 2 is 1.90 bits per heavy atom. The number of anilines is 2. The molecule has 7 heteroatoms. The largest absolute Gasteiger partial charge is 0.384 e. The van der Waals surface area contributed by atoms with Gasteiger partial charge in [0.05, 0.1) is 10.6 Å². The lowest BCUT2D eigenvalue weighted by Gasteiger charge is -2.10. The first-order chi connectivity index (χ1) is 9.95. The summed E-state index contributed by atoms with van der Waals surface area (Å²) in [5.41, 5.74) is 1.52. The molecule has 0 fully saturated rings. The summed E-state index contributed by atoms with van der Waals surface area (Å²) in [4.78, 5) is 0.0272. The first-order valence-corrected chi connectivity index (χ1v) is 7.79. The zero-order valence-corrected chi connectivity index (χ0v) is 11.7. The summed E-state index contributed by atoms with van der Waals surface area (Å²) < 4.78 is 53.0. The van der Waals surface area contributed by atoms with E-state index in [2.05, 4.69) is 10.0 Å². The molecule has 2 aromatic rings. The fraction of sp³-hybridized carbons (Fsp3) is 0.143. The van der Waals surface area contributed by atoms with E-state index in [1.54, 1.807) is 6.07 Å². The number of benzene rings is 2. The summed E-state index contributed by atoms with van der Waals surface area (Å²) in [7, 11) is -3.92. The first kappa shape index (κ1) is 13.8. The van der Waals surface area contributed by atoms with Crippen molar-refractivity contribution >= 4 is 21.4 Å². The Balaban J connectivity index is 1.93. The van der Waals surface area contributed by atoms with E-state index in [0.717, 1.165) is 36.3 Å². The van der Waals surface area contributed by atoms with Crippen LogP contribution in [0.1, 0.15) is 5.56 Å². The van der Waals surface area contributed by atoms with Crippen LogP contribution >= 0.6 is 0 Å². The third-order valence-corrected chi connectivity index (χ3v) is 4.64. The van der Waals surface area contributed by atoms with E-state index >= 15 is 0 Å². The van der Waals surface area contributed by atoms with Crippen molar-refractivity contribution in [2.75, 3.05) is 16.6 Å². The van der Waals surface area contributed by atoms with Crippen LogP contribution in [0, 0.1) is 11.6 Å². The SMILES string of the molecule is O=S(=O)(Nc1ccc(F)cc1F)c1ccc2c(c1)NCC2. The molecule has 0 unspecified atom stereocenters. The zero-order chi connectivity index (χ0) is 15.0. The van der Waals surface area contributed by atoms with Crippen molar-refractivity contribution in [3.8, 4) is 0 Å². The molecular formula is C14H12F2N2O2S. The fourth-order valence-corrected chi connectivity index (χ4v) is 3.31. The van der Waals surface area contributed by atoms with E-state index in [9.17, 15) is 17.2 Å². The van der Waals surface area contributed by atoms with Gasteiger partial charge in [0.1, 0.15) is 11.6 Å². The number of hydrogen-bond acceptors (Lipinski definition) is 3. The van der Waals surface area contributed by atoms with Crippen molar-refractivity contribution in [3.05, 3.63) is 53.6 Å². The fourth-order valence-electron chi connectivity index (χ4n) is 2.21. The van der Waals surface area contributed by atoms with Crippen LogP contribution in [0.3, 0.4) is 0 Å². The third-order valence-electron chi connectivity index (χ3n) is 3.28. The van der Waals surface area contributed by atoms with Gasteiger partial charge in [-0.1, -0.05) is 6.07 Å². The predicted octanol–water partition coefficient (Wildman–Crippen LogP) is 2.73. The van der Waals surface area contributed by atoms with E-state index in [1.807, 2.05) is 0 Å². The number of rotatable bonds is 3. The minimum atomic E-state index is -3.92. The highest BCUT2D eigenvalue weighted by atomic mass is 32.2. The van der Waals surface area contributed by atoms with Crippen LogP contribution in [0.25, 0.3) is 0 Å². The topological polar surface area (TPSA) is 58.2 Å². The Bertz CT molecular complexity index is 807. The van der Waals surface area contributed by atoms with Crippen molar-refractivity contribution in [1.29, 1.82) is 0 Å². The highest BCUT2D eigenvalue weighted by Gasteiger charge is 2.19. The molecule has 4 nitrogen and oxygen atoms in total. The van der Waals surface area contributed by atoms with E-state index in [-0.39, 0.29) is 10.6 Å². The number of fused-ring (bicyclic) bond motifs is 1. The van der Waals surface area contributed by atoms with Gasteiger partial charge in [0.15, 0.2) is 0 Å². The van der Waals surface area contributed by atoms with Crippen LogP contribution < -0.4 is 10.0 Å². The molecule has 1 aliphatic rings. The maximum atomic E-state index is 13.5. The molecule has 0 aliphatic carbocycles. The van der Waals surface area contributed by atoms with Gasteiger partial charge in [-0.2, -0.15) is 0 Å². The van der Waals surface area contributed by atoms with Crippen LogP contribution in [-0.2, 0) is 16.4 Å². The second-order valence-corrected chi connectivity index (χ2v) is 6.41. The molecular weight excluding hydrogens is 298 g/mol. The van der Waals surface area contributed by atoms with Crippen molar-refractivity contribution < 1.29 is 17.2 Å². The maximum Gasteiger partial charge on any atom is 0.262 e. The van der Waals surface area contributed by atoms with Crippen molar-refractivity contribution in [2.24, 2.45) is 0 Å². The van der Waals surface area contributed by atoms with Gasteiger partial charge in [-0.25, -0.2) is 17.2 Å². The van der Waals surface area contributed by atoms with Crippen molar-refractivity contribution in [3.63, 3.8) is 0 Å². The van der Waals surface area contributed by atoms with Crippen LogP contribution in [0.4, 0.5) is 20.2 Å². The molecule has 0 atom stereocenters. The lowest BCUT2D eigenvalue weighted by Crippen LogP contribution is -2.14. The Hall–Kier alpha value is -2.15. The molecule has 0 saturated carbocycles. The summed E-state index contributed by atoms with van der Waals surface area (Å²) in [6.07, 6.45) is 0.843. The van der Waals surface area contributed by atoms with Gasteiger partial charge in [-0.15, -0.1) is 0 Å². The van der Waals surface area contributed by atoms with Gasteiger partial charge in [0.25, 0.3) is 10.0 Å². The minimum Gasteiger partial charge on any atom is -0.384 e. The lowest BCUT2D eigenvalue weighted by molar-refractivity contribution is 0.583. The Kier molecular flexibility index (Phi) is 3.29. The maximum absolute atomic E-state index is 13.5. The van der Waals surface area contributed by atoms with Gasteiger partial charge in [-0.3, -0.25) is 4.72 Å². The molecule has 0 radical (unpaired) electrons. The number of hydrogen-bond donors (Lipinski definition) is 2. The molecule has 1 aliphatic heterocycles. The zero-order valence-electron chi connectivity index (χ0n) is 10.9. The third kappa shape index (κ3) is 2.69. The first-order valence-electron chi connectivity index (χ1n) is 6.30. The molecule has 0 amide bonds. The number of nitrogens with one attached hydrogen (secondary N) is 2. The average Bonchev–Trinajstić information content (AvgIpc) is 2.89. The predicted molar refractivity (Wildman–Crippen MR) is 75.8 cm³/mol. The number of sulfonamides is 1. The van der Waals surface area contributed by atoms with Gasteiger partial charge in [0, 0.05) is 18.3 Å². The molecule has 0 bridgehead atoms. The Morgan fingerprint density at radius 3 is 2.67 bits per heavy atom. The van der Waals surface area contributed by atoms with E-state index < -0.39 is 21.7 Å². The molecule has 0 spiro atoms. The van der Waals surface area contributed by atoms with E-state index in [4.69, 9.17) is 0 Å². The quantitative estimate of drug-likeness (QED) is 0.916. The molecule has 110 valence electrons. The minimum absolute atomic E-state index is 0.0272. The molecule has 0 saturated heterocycles. The summed E-state index contributed by atoms with van der Waals surface area (Å²) >= 11 is 0. The average molecular weight is 310 g/mol. The smallest absolute Gasteiger partial charge is 0.262 e. The van der Waals surface area contributed by atoms with E-state index in [1.165, 1.54) is 12.1 Å². The summed E-state index contributed by atoms with van der Waals surface area (Å²) in [5.74, 6) is -1.73. The molecule has 2 aromatic carbocycles. The molecule has 0 aromatic heterocycles. The van der Waals surface area contributed by atoms with Gasteiger partial charge in [0.2, 0.25) is 0 Å². The standard InChI is InChI=1S/C14H12F2N2O2S/c15-10-2-4-13(12(16)7-10)18-21(19,20)11-3-1-9-5-6-17-14(9)8-11/h1-4,7-8,17-18H,5-6H2. The lowest BCUT2D eigenvalue weighted by atomic mass is 10.2. The summed E-state index contributed by atoms with van der Waals surface area (Å²) in [5, 5.41) is 3.08. The highest BCUT2D eigenvalue weighted by Crippen LogP contribution is 2.27. The van der Waals surface area contributed by atoms with Crippen LogP contribution in [0.5, 0.6) is 0 Å². The van der Waals surface area contributed by atoms with Gasteiger partial charge in [-0.05, 0) is 36.2 Å². The van der Waals surface area contributed by atoms with Gasteiger partial charge >= 0.3 is 0 Å². The summed E-state index contributed by atoms with van der Waals surface area (Å²) in [6.45, 7) is 0.763.